The van der Waals surface area contributed by atoms with Crippen LogP contribution in [0.4, 0.5) is 5.95 Å². The summed E-state index contributed by atoms with van der Waals surface area (Å²) in [4.78, 5) is 20.5. The Morgan fingerprint density at radius 3 is 3.00 bits per heavy atom. The van der Waals surface area contributed by atoms with Crippen LogP contribution in [-0.4, -0.2) is 27.6 Å². The molecular weight excluding hydrogens is 262 g/mol. The Labute approximate surface area is 115 Å². The summed E-state index contributed by atoms with van der Waals surface area (Å²) in [6.07, 6.45) is 2.84. The molecule has 0 fully saturated rings. The molecule has 100 valence electrons. The maximum absolute atomic E-state index is 11.0. The summed E-state index contributed by atoms with van der Waals surface area (Å²) in [7, 11) is 0. The third-order valence-corrected chi connectivity index (χ3v) is 3.60. The number of thiophene rings is 1. The summed E-state index contributed by atoms with van der Waals surface area (Å²) in [5, 5.41) is 14.1. The summed E-state index contributed by atoms with van der Waals surface area (Å²) in [6, 6.07) is 4.10. The highest BCUT2D eigenvalue weighted by atomic mass is 32.1. The normalized spacial score (nSPS) is 10.4. The number of hydrogen-bond donors (Lipinski definition) is 2. The fourth-order valence-corrected chi connectivity index (χ4v) is 2.41. The van der Waals surface area contributed by atoms with E-state index in [2.05, 4.69) is 21.4 Å². The minimum Gasteiger partial charge on any atom is -0.478 e. The Morgan fingerprint density at radius 2 is 2.37 bits per heavy atom. The van der Waals surface area contributed by atoms with E-state index in [1.807, 2.05) is 18.4 Å². The van der Waals surface area contributed by atoms with Gasteiger partial charge in [-0.05, 0) is 24.3 Å². The summed E-state index contributed by atoms with van der Waals surface area (Å²) >= 11 is 1.71. The quantitative estimate of drug-likeness (QED) is 0.848. The third kappa shape index (κ3) is 3.51. The van der Waals surface area contributed by atoms with Crippen molar-refractivity contribution in [2.45, 2.75) is 19.8 Å². The molecular formula is C13H15N3O2S. The molecule has 0 unspecified atom stereocenters. The molecule has 0 aromatic carbocycles. The van der Waals surface area contributed by atoms with Crippen LogP contribution in [0.15, 0.2) is 23.7 Å². The first-order valence-corrected chi connectivity index (χ1v) is 6.94. The molecule has 2 heterocycles. The maximum atomic E-state index is 11.0. The van der Waals surface area contributed by atoms with Gasteiger partial charge in [0.25, 0.3) is 0 Å². The lowest BCUT2D eigenvalue weighted by atomic mass is 10.2. The van der Waals surface area contributed by atoms with E-state index in [9.17, 15) is 4.79 Å². The SMILES string of the molecule is CCc1nc(NCCc2cccs2)ncc1C(=O)O. The fourth-order valence-electron chi connectivity index (χ4n) is 1.70. The van der Waals surface area contributed by atoms with E-state index in [0.29, 0.717) is 18.1 Å². The molecule has 19 heavy (non-hydrogen) atoms. The molecule has 0 saturated carbocycles. The van der Waals surface area contributed by atoms with Gasteiger partial charge in [-0.3, -0.25) is 0 Å². The topological polar surface area (TPSA) is 75.1 Å². The van der Waals surface area contributed by atoms with Crippen LogP contribution in [-0.2, 0) is 12.8 Å². The minimum absolute atomic E-state index is 0.173. The van der Waals surface area contributed by atoms with Gasteiger partial charge in [-0.15, -0.1) is 11.3 Å². The number of nitrogens with zero attached hydrogens (tertiary/aromatic N) is 2. The van der Waals surface area contributed by atoms with Crippen molar-refractivity contribution in [3.05, 3.63) is 39.8 Å². The molecule has 2 aromatic heterocycles. The van der Waals surface area contributed by atoms with E-state index >= 15 is 0 Å². The van der Waals surface area contributed by atoms with Gasteiger partial charge in [0.1, 0.15) is 0 Å². The van der Waals surface area contributed by atoms with Crippen molar-refractivity contribution in [2.75, 3.05) is 11.9 Å². The highest BCUT2D eigenvalue weighted by Gasteiger charge is 2.11. The van der Waals surface area contributed by atoms with Crippen molar-refractivity contribution in [1.29, 1.82) is 0 Å². The number of carboxylic acids is 1. The van der Waals surface area contributed by atoms with E-state index in [-0.39, 0.29) is 5.56 Å². The number of carboxylic acid groups (broad SMARTS) is 1. The van der Waals surface area contributed by atoms with E-state index in [1.165, 1.54) is 11.1 Å². The number of aromatic carboxylic acids is 1. The average Bonchev–Trinajstić information content (AvgIpc) is 2.91. The first kappa shape index (κ1) is 13.5. The fraction of sp³-hybridized carbons (Fsp3) is 0.308. The lowest BCUT2D eigenvalue weighted by Crippen LogP contribution is -2.11. The number of carbonyl (C=O) groups is 1. The lowest BCUT2D eigenvalue weighted by molar-refractivity contribution is 0.0694. The summed E-state index contributed by atoms with van der Waals surface area (Å²) in [5.41, 5.74) is 0.729. The van der Waals surface area contributed by atoms with E-state index in [4.69, 9.17) is 5.11 Å². The lowest BCUT2D eigenvalue weighted by Gasteiger charge is -2.07. The highest BCUT2D eigenvalue weighted by Crippen LogP contribution is 2.11. The van der Waals surface area contributed by atoms with Gasteiger partial charge in [-0.2, -0.15) is 0 Å². The Kier molecular flexibility index (Phi) is 4.46. The molecule has 6 heteroatoms. The number of hydrogen-bond acceptors (Lipinski definition) is 5. The molecule has 0 saturated heterocycles. The first-order valence-electron chi connectivity index (χ1n) is 6.06. The highest BCUT2D eigenvalue weighted by molar-refractivity contribution is 7.09. The minimum atomic E-state index is -0.984. The van der Waals surface area contributed by atoms with Crippen molar-refractivity contribution in [3.8, 4) is 0 Å². The van der Waals surface area contributed by atoms with Crippen LogP contribution in [0.25, 0.3) is 0 Å². The molecule has 0 spiro atoms. The number of nitrogens with one attached hydrogen (secondary N) is 1. The van der Waals surface area contributed by atoms with Gasteiger partial charge in [0, 0.05) is 17.6 Å². The largest absolute Gasteiger partial charge is 0.478 e. The zero-order valence-corrected chi connectivity index (χ0v) is 11.4. The molecule has 0 amide bonds. The van der Waals surface area contributed by atoms with Crippen LogP contribution in [0.5, 0.6) is 0 Å². The molecule has 0 aliphatic carbocycles. The van der Waals surface area contributed by atoms with Crippen LogP contribution in [0.3, 0.4) is 0 Å². The van der Waals surface area contributed by atoms with Gasteiger partial charge in [0.05, 0.1) is 11.3 Å². The Bertz CT molecular complexity index is 555. The average molecular weight is 277 g/mol. The van der Waals surface area contributed by atoms with Gasteiger partial charge in [0.2, 0.25) is 5.95 Å². The summed E-state index contributed by atoms with van der Waals surface area (Å²) in [5.74, 6) is -0.500. The molecule has 2 rings (SSSR count). The zero-order valence-electron chi connectivity index (χ0n) is 10.6. The first-order chi connectivity index (χ1) is 9.20. The number of rotatable bonds is 6. The van der Waals surface area contributed by atoms with E-state index in [0.717, 1.165) is 13.0 Å². The van der Waals surface area contributed by atoms with Crippen LogP contribution in [0.1, 0.15) is 27.9 Å². The second kappa shape index (κ2) is 6.29. The monoisotopic (exact) mass is 277 g/mol. The zero-order chi connectivity index (χ0) is 13.7. The standard InChI is InChI=1S/C13H15N3O2S/c1-2-11-10(12(17)18)8-15-13(16-11)14-6-5-9-4-3-7-19-9/h3-4,7-8H,2,5-6H2,1H3,(H,17,18)(H,14,15,16). The molecule has 0 radical (unpaired) electrons. The molecule has 0 aliphatic heterocycles. The second-order valence-corrected chi connectivity index (χ2v) is 5.00. The van der Waals surface area contributed by atoms with Crippen LogP contribution >= 0.6 is 11.3 Å². The van der Waals surface area contributed by atoms with Gasteiger partial charge in [-0.25, -0.2) is 14.8 Å². The summed E-state index contributed by atoms with van der Waals surface area (Å²) in [6.45, 7) is 2.61. The van der Waals surface area contributed by atoms with Crippen LogP contribution < -0.4 is 5.32 Å². The molecule has 2 N–H and O–H groups in total. The molecule has 0 bridgehead atoms. The van der Waals surface area contributed by atoms with Crippen molar-refractivity contribution in [1.82, 2.24) is 9.97 Å². The molecule has 0 aliphatic rings. The van der Waals surface area contributed by atoms with Crippen LogP contribution in [0, 0.1) is 0 Å². The van der Waals surface area contributed by atoms with Gasteiger partial charge >= 0.3 is 5.97 Å². The van der Waals surface area contributed by atoms with E-state index in [1.54, 1.807) is 11.3 Å². The van der Waals surface area contributed by atoms with E-state index < -0.39 is 5.97 Å². The molecule has 2 aromatic rings. The summed E-state index contributed by atoms with van der Waals surface area (Å²) < 4.78 is 0. The smallest absolute Gasteiger partial charge is 0.339 e. The van der Waals surface area contributed by atoms with Crippen LogP contribution in [0.2, 0.25) is 0 Å². The number of aromatic nitrogens is 2. The Hall–Kier alpha value is -1.95. The van der Waals surface area contributed by atoms with Gasteiger partial charge in [-0.1, -0.05) is 13.0 Å². The molecule has 5 nitrogen and oxygen atoms in total. The Balaban J connectivity index is 1.99. The number of aryl methyl sites for hydroxylation is 1. The number of anilines is 1. The van der Waals surface area contributed by atoms with Gasteiger partial charge < -0.3 is 10.4 Å². The molecule has 0 atom stereocenters. The van der Waals surface area contributed by atoms with Crippen molar-refractivity contribution in [3.63, 3.8) is 0 Å². The van der Waals surface area contributed by atoms with Gasteiger partial charge in [0.15, 0.2) is 0 Å². The maximum Gasteiger partial charge on any atom is 0.339 e. The van der Waals surface area contributed by atoms with Crippen molar-refractivity contribution < 1.29 is 9.90 Å². The van der Waals surface area contributed by atoms with Crippen molar-refractivity contribution >= 4 is 23.3 Å². The predicted molar refractivity (Wildman–Crippen MR) is 74.9 cm³/mol. The third-order valence-electron chi connectivity index (χ3n) is 2.67. The Morgan fingerprint density at radius 1 is 1.53 bits per heavy atom. The van der Waals surface area contributed by atoms with Crippen molar-refractivity contribution in [2.24, 2.45) is 0 Å². The predicted octanol–water partition coefficient (Wildman–Crippen LogP) is 2.45. The second-order valence-electron chi connectivity index (χ2n) is 3.97.